The maximum atomic E-state index is 6.18. The summed E-state index contributed by atoms with van der Waals surface area (Å²) in [5.41, 5.74) is 0.926. The summed E-state index contributed by atoms with van der Waals surface area (Å²) >= 11 is 12.2. The molecule has 0 radical (unpaired) electrons. The van der Waals surface area contributed by atoms with E-state index in [4.69, 9.17) is 37.4 Å². The quantitative estimate of drug-likeness (QED) is 0.672. The lowest BCUT2D eigenvalue weighted by Gasteiger charge is -2.14. The highest BCUT2D eigenvalue weighted by molar-refractivity contribution is 6.35. The molecule has 0 aliphatic rings. The van der Waals surface area contributed by atoms with E-state index in [0.29, 0.717) is 48.8 Å². The molecule has 1 rings (SSSR count). The normalized spacial score (nSPS) is 10.8. The van der Waals surface area contributed by atoms with Gasteiger partial charge in [0.25, 0.3) is 0 Å². The average molecular weight is 322 g/mol. The van der Waals surface area contributed by atoms with Crippen LogP contribution >= 0.6 is 23.2 Å². The first-order valence-corrected chi connectivity index (χ1v) is 7.32. The molecule has 0 spiro atoms. The van der Waals surface area contributed by atoms with E-state index in [0.717, 1.165) is 12.1 Å². The standard InChI is InChI=1S/C14H21Cl2NO3/c1-3-19-6-7-20-14-11(10-17-4-5-18-2)8-12(15)9-13(14)16/h8-9,17H,3-7,10H2,1-2H3. The van der Waals surface area contributed by atoms with Crippen molar-refractivity contribution in [3.05, 3.63) is 27.7 Å². The van der Waals surface area contributed by atoms with Gasteiger partial charge in [-0.25, -0.2) is 0 Å². The SMILES string of the molecule is CCOCCOc1c(Cl)cc(Cl)cc1CNCCOC. The lowest BCUT2D eigenvalue weighted by atomic mass is 10.2. The summed E-state index contributed by atoms with van der Waals surface area (Å²) < 4.78 is 15.9. The third kappa shape index (κ3) is 6.29. The molecule has 0 fully saturated rings. The largest absolute Gasteiger partial charge is 0.489 e. The second kappa shape index (κ2) is 10.2. The Labute approximate surface area is 130 Å². The molecule has 0 aliphatic carbocycles. The summed E-state index contributed by atoms with van der Waals surface area (Å²) in [5, 5.41) is 4.35. The lowest BCUT2D eigenvalue weighted by Crippen LogP contribution is -2.19. The molecule has 0 aliphatic heterocycles. The smallest absolute Gasteiger partial charge is 0.142 e. The molecule has 0 atom stereocenters. The molecule has 1 N–H and O–H groups in total. The molecular formula is C14H21Cl2NO3. The van der Waals surface area contributed by atoms with Crippen molar-refractivity contribution in [2.45, 2.75) is 13.5 Å². The zero-order valence-corrected chi connectivity index (χ0v) is 13.4. The Hall–Kier alpha value is -0.520. The van der Waals surface area contributed by atoms with Gasteiger partial charge in [-0.1, -0.05) is 23.2 Å². The summed E-state index contributed by atoms with van der Waals surface area (Å²) in [6.07, 6.45) is 0. The maximum absolute atomic E-state index is 6.18. The summed E-state index contributed by atoms with van der Waals surface area (Å²) in [6, 6.07) is 3.53. The van der Waals surface area contributed by atoms with Gasteiger partial charge < -0.3 is 19.5 Å². The lowest BCUT2D eigenvalue weighted by molar-refractivity contribution is 0.110. The first-order valence-electron chi connectivity index (χ1n) is 6.57. The van der Waals surface area contributed by atoms with Crippen molar-refractivity contribution in [2.75, 3.05) is 40.1 Å². The van der Waals surface area contributed by atoms with Gasteiger partial charge in [0.2, 0.25) is 0 Å². The van der Waals surface area contributed by atoms with Gasteiger partial charge in [-0.15, -0.1) is 0 Å². The number of ether oxygens (including phenoxy) is 3. The van der Waals surface area contributed by atoms with Crippen molar-refractivity contribution in [1.29, 1.82) is 0 Å². The molecular weight excluding hydrogens is 301 g/mol. The molecule has 0 bridgehead atoms. The van der Waals surface area contributed by atoms with Crippen LogP contribution in [-0.4, -0.2) is 40.1 Å². The monoisotopic (exact) mass is 321 g/mol. The Bertz CT molecular complexity index is 402. The second-order valence-electron chi connectivity index (χ2n) is 4.09. The molecule has 114 valence electrons. The number of halogens is 2. The summed E-state index contributed by atoms with van der Waals surface area (Å²) in [4.78, 5) is 0. The highest BCUT2D eigenvalue weighted by Gasteiger charge is 2.10. The number of hydrogen-bond acceptors (Lipinski definition) is 4. The number of hydrogen-bond donors (Lipinski definition) is 1. The molecule has 20 heavy (non-hydrogen) atoms. The minimum Gasteiger partial charge on any atom is -0.489 e. The van der Waals surface area contributed by atoms with E-state index in [1.807, 2.05) is 13.0 Å². The molecule has 1 aromatic carbocycles. The summed E-state index contributed by atoms with van der Waals surface area (Å²) in [5.74, 6) is 0.653. The van der Waals surface area contributed by atoms with Crippen molar-refractivity contribution in [3.63, 3.8) is 0 Å². The second-order valence-corrected chi connectivity index (χ2v) is 4.93. The van der Waals surface area contributed by atoms with Crippen LogP contribution < -0.4 is 10.1 Å². The Morgan fingerprint density at radius 3 is 2.65 bits per heavy atom. The Kier molecular flexibility index (Phi) is 8.98. The van der Waals surface area contributed by atoms with Crippen LogP contribution in [-0.2, 0) is 16.0 Å². The van der Waals surface area contributed by atoms with Gasteiger partial charge in [-0.3, -0.25) is 0 Å². The Balaban J connectivity index is 2.63. The van der Waals surface area contributed by atoms with E-state index < -0.39 is 0 Å². The van der Waals surface area contributed by atoms with Crippen molar-refractivity contribution in [1.82, 2.24) is 5.32 Å². The molecule has 0 aromatic heterocycles. The van der Waals surface area contributed by atoms with E-state index in [1.165, 1.54) is 0 Å². The molecule has 0 amide bonds. The first kappa shape index (κ1) is 17.5. The molecule has 0 saturated heterocycles. The van der Waals surface area contributed by atoms with Crippen LogP contribution in [0.15, 0.2) is 12.1 Å². The predicted molar refractivity (Wildman–Crippen MR) is 82.0 cm³/mol. The van der Waals surface area contributed by atoms with Gasteiger partial charge in [0, 0.05) is 37.4 Å². The molecule has 1 aromatic rings. The third-order valence-electron chi connectivity index (χ3n) is 2.56. The van der Waals surface area contributed by atoms with Crippen molar-refractivity contribution < 1.29 is 14.2 Å². The van der Waals surface area contributed by atoms with E-state index >= 15 is 0 Å². The Morgan fingerprint density at radius 1 is 1.15 bits per heavy atom. The highest BCUT2D eigenvalue weighted by Crippen LogP contribution is 2.32. The van der Waals surface area contributed by atoms with Crippen LogP contribution in [0.1, 0.15) is 12.5 Å². The van der Waals surface area contributed by atoms with E-state index in [1.54, 1.807) is 13.2 Å². The van der Waals surface area contributed by atoms with Crippen LogP contribution in [0.5, 0.6) is 5.75 Å². The van der Waals surface area contributed by atoms with Gasteiger partial charge >= 0.3 is 0 Å². The third-order valence-corrected chi connectivity index (χ3v) is 3.06. The van der Waals surface area contributed by atoms with Gasteiger partial charge in [-0.2, -0.15) is 0 Å². The Morgan fingerprint density at radius 2 is 1.95 bits per heavy atom. The van der Waals surface area contributed by atoms with Crippen molar-refractivity contribution in [2.24, 2.45) is 0 Å². The van der Waals surface area contributed by atoms with Gasteiger partial charge in [0.05, 0.1) is 18.2 Å². The topological polar surface area (TPSA) is 39.7 Å². The molecule has 0 heterocycles. The van der Waals surface area contributed by atoms with Crippen LogP contribution in [0, 0.1) is 0 Å². The van der Waals surface area contributed by atoms with Crippen LogP contribution in [0.2, 0.25) is 10.0 Å². The fourth-order valence-electron chi connectivity index (χ4n) is 1.65. The van der Waals surface area contributed by atoms with Crippen LogP contribution in [0.25, 0.3) is 0 Å². The zero-order chi connectivity index (χ0) is 14.8. The first-order chi connectivity index (χ1) is 9.69. The van der Waals surface area contributed by atoms with E-state index in [2.05, 4.69) is 5.32 Å². The number of nitrogens with one attached hydrogen (secondary N) is 1. The molecule has 4 nitrogen and oxygen atoms in total. The summed E-state index contributed by atoms with van der Waals surface area (Å²) in [7, 11) is 1.67. The predicted octanol–water partition coefficient (Wildman–Crippen LogP) is 3.14. The minimum absolute atomic E-state index is 0.459. The van der Waals surface area contributed by atoms with Crippen LogP contribution in [0.3, 0.4) is 0 Å². The number of benzene rings is 1. The molecule has 0 unspecified atom stereocenters. The van der Waals surface area contributed by atoms with Gasteiger partial charge in [-0.05, 0) is 19.1 Å². The van der Waals surface area contributed by atoms with Crippen molar-refractivity contribution in [3.8, 4) is 5.75 Å². The van der Waals surface area contributed by atoms with Crippen molar-refractivity contribution >= 4 is 23.2 Å². The van der Waals surface area contributed by atoms with Crippen LogP contribution in [0.4, 0.5) is 0 Å². The van der Waals surface area contributed by atoms with E-state index in [-0.39, 0.29) is 0 Å². The molecule has 0 saturated carbocycles. The maximum Gasteiger partial charge on any atom is 0.142 e. The van der Waals surface area contributed by atoms with E-state index in [9.17, 15) is 0 Å². The van der Waals surface area contributed by atoms with Gasteiger partial charge in [0.15, 0.2) is 0 Å². The number of methoxy groups -OCH3 is 1. The number of rotatable bonds is 10. The summed E-state index contributed by atoms with van der Waals surface area (Å²) in [6.45, 7) is 5.62. The average Bonchev–Trinajstić information content (AvgIpc) is 2.41. The zero-order valence-electron chi connectivity index (χ0n) is 11.9. The minimum atomic E-state index is 0.459. The fraction of sp³-hybridized carbons (Fsp3) is 0.571. The fourth-order valence-corrected chi connectivity index (χ4v) is 2.24. The highest BCUT2D eigenvalue weighted by atomic mass is 35.5. The van der Waals surface area contributed by atoms with Gasteiger partial charge in [0.1, 0.15) is 12.4 Å². The molecule has 6 heteroatoms.